The van der Waals surface area contributed by atoms with Crippen molar-refractivity contribution in [3.05, 3.63) is 88.6 Å². The summed E-state index contributed by atoms with van der Waals surface area (Å²) in [5, 5.41) is 36.7. The predicted molar refractivity (Wildman–Crippen MR) is 125 cm³/mol. The van der Waals surface area contributed by atoms with Gasteiger partial charge in [-0.05, 0) is 57.1 Å². The Morgan fingerprint density at radius 1 is 1.24 bits per heavy atom. The van der Waals surface area contributed by atoms with Crippen molar-refractivity contribution in [3.63, 3.8) is 0 Å². The molecular weight excluding hydrogens is 508 g/mol. The molecule has 4 aromatic rings. The molecule has 0 spiro atoms. The van der Waals surface area contributed by atoms with Gasteiger partial charge in [0, 0.05) is 23.8 Å². The first-order chi connectivity index (χ1) is 17.8. The maximum atomic E-state index is 14.5. The zero-order chi connectivity index (χ0) is 26.4. The van der Waals surface area contributed by atoms with E-state index >= 15 is 0 Å². The van der Waals surface area contributed by atoms with Crippen LogP contribution in [0.2, 0.25) is 5.02 Å². The lowest BCUT2D eigenvalue weighted by Crippen LogP contribution is -2.43. The van der Waals surface area contributed by atoms with Crippen molar-refractivity contribution in [2.75, 3.05) is 11.9 Å². The van der Waals surface area contributed by atoms with E-state index in [9.17, 15) is 24.0 Å². The number of carbonyl (C=O) groups excluding carboxylic acids is 1. The lowest BCUT2D eigenvalue weighted by molar-refractivity contribution is -0.898. The standard InChI is InChI=1S/C23H18ClF2N9O2/c24-17-5-6-18(34-14-31-32-33-34)16(9-17)12-29-22(36)10-19-15(11-27)4-7-21(35(19)37)30-13-23(25,26)20-3-1-2-8-28-20/h1-9,14,37H,10,12-13H2,(H,29,36)/p+1. The second-order valence-corrected chi connectivity index (χ2v) is 8.19. The fourth-order valence-electron chi connectivity index (χ4n) is 3.46. The lowest BCUT2D eigenvalue weighted by atomic mass is 10.1. The third-order valence-electron chi connectivity index (χ3n) is 5.30. The van der Waals surface area contributed by atoms with E-state index in [0.717, 1.165) is 0 Å². The maximum Gasteiger partial charge on any atom is 0.325 e. The summed E-state index contributed by atoms with van der Waals surface area (Å²) in [5.74, 6) is -4.01. The molecule has 0 radical (unpaired) electrons. The second kappa shape index (κ2) is 10.9. The van der Waals surface area contributed by atoms with Gasteiger partial charge in [-0.2, -0.15) is 14.0 Å². The highest BCUT2D eigenvalue weighted by Crippen LogP contribution is 2.26. The van der Waals surface area contributed by atoms with Crippen molar-refractivity contribution < 1.29 is 23.5 Å². The van der Waals surface area contributed by atoms with Crippen LogP contribution in [-0.4, -0.2) is 42.9 Å². The van der Waals surface area contributed by atoms with Crippen LogP contribution >= 0.6 is 11.6 Å². The summed E-state index contributed by atoms with van der Waals surface area (Å²) in [6.07, 6.45) is 2.23. The molecule has 0 aliphatic heterocycles. The number of halogens is 3. The SMILES string of the molecule is N#Cc1ccc(NCC(F)(F)c2ccccn2)[n+](O)c1CC(=O)NCc1cc(Cl)ccc1-n1cnnn1. The van der Waals surface area contributed by atoms with Crippen LogP contribution in [0.5, 0.6) is 0 Å². The van der Waals surface area contributed by atoms with Crippen LogP contribution in [0.3, 0.4) is 0 Å². The van der Waals surface area contributed by atoms with E-state index in [-0.39, 0.29) is 23.6 Å². The third kappa shape index (κ3) is 5.93. The molecule has 3 N–H and O–H groups in total. The van der Waals surface area contributed by atoms with Crippen molar-refractivity contribution in [1.29, 1.82) is 5.26 Å². The predicted octanol–water partition coefficient (Wildman–Crippen LogP) is 2.17. The summed E-state index contributed by atoms with van der Waals surface area (Å²) in [4.78, 5) is 16.4. The van der Waals surface area contributed by atoms with E-state index in [0.29, 0.717) is 21.0 Å². The Kier molecular flexibility index (Phi) is 7.49. The smallest absolute Gasteiger partial charge is 0.325 e. The first-order valence-electron chi connectivity index (χ1n) is 10.8. The van der Waals surface area contributed by atoms with E-state index in [1.165, 1.54) is 47.5 Å². The molecule has 1 amide bonds. The van der Waals surface area contributed by atoms with E-state index in [2.05, 4.69) is 31.1 Å². The first kappa shape index (κ1) is 25.4. The molecule has 188 valence electrons. The highest BCUT2D eigenvalue weighted by Gasteiger charge is 2.36. The number of hydrogen-bond donors (Lipinski definition) is 3. The van der Waals surface area contributed by atoms with Gasteiger partial charge in [-0.1, -0.05) is 17.7 Å². The number of nitriles is 1. The van der Waals surface area contributed by atoms with Crippen LogP contribution in [0.25, 0.3) is 5.69 Å². The van der Waals surface area contributed by atoms with E-state index < -0.39 is 30.5 Å². The van der Waals surface area contributed by atoms with Gasteiger partial charge in [0.15, 0.2) is 12.2 Å². The maximum absolute atomic E-state index is 14.5. The number of pyridine rings is 2. The molecule has 3 aromatic heterocycles. The van der Waals surface area contributed by atoms with Gasteiger partial charge in [-0.25, -0.2) is 4.68 Å². The minimum atomic E-state index is -3.34. The lowest BCUT2D eigenvalue weighted by Gasteiger charge is -2.14. The highest BCUT2D eigenvalue weighted by molar-refractivity contribution is 6.30. The molecule has 3 heterocycles. The Bertz CT molecular complexity index is 1440. The molecular formula is C23H19ClF2N9O2+. The molecule has 14 heteroatoms. The Morgan fingerprint density at radius 2 is 2.08 bits per heavy atom. The highest BCUT2D eigenvalue weighted by atomic mass is 35.5. The largest absolute Gasteiger partial charge is 0.352 e. The minimum absolute atomic E-state index is 0.00294. The molecule has 4 rings (SSSR count). The molecule has 0 saturated heterocycles. The van der Waals surface area contributed by atoms with E-state index in [1.54, 1.807) is 18.2 Å². The topological polar surface area (TPSA) is 146 Å². The average Bonchev–Trinajstić information content (AvgIpc) is 3.43. The van der Waals surface area contributed by atoms with Gasteiger partial charge in [0.25, 0.3) is 0 Å². The van der Waals surface area contributed by atoms with E-state index in [4.69, 9.17) is 11.6 Å². The fourth-order valence-corrected chi connectivity index (χ4v) is 3.66. The number of benzene rings is 1. The molecule has 0 atom stereocenters. The summed E-state index contributed by atoms with van der Waals surface area (Å²) >= 11 is 6.09. The number of alkyl halides is 2. The third-order valence-corrected chi connectivity index (χ3v) is 5.53. The van der Waals surface area contributed by atoms with Gasteiger partial charge in [0.05, 0.1) is 17.7 Å². The first-order valence-corrected chi connectivity index (χ1v) is 11.2. The number of anilines is 1. The van der Waals surface area contributed by atoms with Gasteiger partial charge >= 0.3 is 11.7 Å². The summed E-state index contributed by atoms with van der Waals surface area (Å²) in [7, 11) is 0. The molecule has 1 aromatic carbocycles. The fraction of sp³-hybridized carbons (Fsp3) is 0.174. The molecule has 37 heavy (non-hydrogen) atoms. The molecule has 0 aliphatic rings. The van der Waals surface area contributed by atoms with Gasteiger partial charge in [-0.15, -0.1) is 5.10 Å². The zero-order valence-electron chi connectivity index (χ0n) is 19.0. The Hall–Kier alpha value is -4.70. The normalized spacial score (nSPS) is 11.1. The van der Waals surface area contributed by atoms with Gasteiger partial charge in [0.1, 0.15) is 18.1 Å². The number of amides is 1. The second-order valence-electron chi connectivity index (χ2n) is 7.76. The van der Waals surface area contributed by atoms with Crippen LogP contribution in [0.15, 0.2) is 61.1 Å². The van der Waals surface area contributed by atoms with Crippen LogP contribution in [0.1, 0.15) is 22.5 Å². The Labute approximate surface area is 213 Å². The zero-order valence-corrected chi connectivity index (χ0v) is 19.8. The van der Waals surface area contributed by atoms with Crippen molar-refractivity contribution >= 4 is 23.3 Å². The van der Waals surface area contributed by atoms with Crippen molar-refractivity contribution in [2.45, 2.75) is 18.9 Å². The molecule has 0 fully saturated rings. The number of nitrogens with zero attached hydrogens (tertiary/aromatic N) is 7. The summed E-state index contributed by atoms with van der Waals surface area (Å²) < 4.78 is 30.9. The van der Waals surface area contributed by atoms with Crippen LogP contribution in [0, 0.1) is 11.3 Å². The van der Waals surface area contributed by atoms with E-state index in [1.807, 2.05) is 6.07 Å². The van der Waals surface area contributed by atoms with Gasteiger partial charge in [0.2, 0.25) is 5.91 Å². The summed E-state index contributed by atoms with van der Waals surface area (Å²) in [6.45, 7) is -0.840. The average molecular weight is 527 g/mol. The van der Waals surface area contributed by atoms with Crippen LogP contribution in [-0.2, 0) is 23.7 Å². The number of hydrogen-bond acceptors (Lipinski definition) is 8. The minimum Gasteiger partial charge on any atom is -0.352 e. The number of nitrogens with one attached hydrogen (secondary N) is 2. The van der Waals surface area contributed by atoms with Gasteiger partial charge < -0.3 is 10.5 Å². The van der Waals surface area contributed by atoms with Crippen molar-refractivity contribution in [2.24, 2.45) is 0 Å². The summed E-state index contributed by atoms with van der Waals surface area (Å²) in [5.41, 5.74) is 0.666. The quantitative estimate of drug-likeness (QED) is 0.222. The number of carbonyl (C=O) groups is 1. The van der Waals surface area contributed by atoms with Crippen LogP contribution in [0.4, 0.5) is 14.6 Å². The Morgan fingerprint density at radius 3 is 2.78 bits per heavy atom. The number of rotatable bonds is 9. The number of aromatic nitrogens is 6. The molecule has 0 unspecified atom stereocenters. The van der Waals surface area contributed by atoms with Crippen molar-refractivity contribution in [1.82, 2.24) is 30.5 Å². The molecule has 0 aliphatic carbocycles. The summed E-state index contributed by atoms with van der Waals surface area (Å²) in [6, 6.07) is 13.6. The number of tetrazole rings is 1. The van der Waals surface area contributed by atoms with Gasteiger partial charge in [-0.3, -0.25) is 15.1 Å². The molecule has 11 nitrogen and oxygen atoms in total. The molecule has 0 bridgehead atoms. The molecule has 0 saturated carbocycles. The van der Waals surface area contributed by atoms with Crippen LogP contribution < -0.4 is 15.4 Å². The van der Waals surface area contributed by atoms with Crippen molar-refractivity contribution in [3.8, 4) is 11.8 Å². The Balaban J connectivity index is 1.48. The monoisotopic (exact) mass is 526 g/mol.